The van der Waals surface area contributed by atoms with E-state index in [9.17, 15) is 4.79 Å². The molecule has 4 heteroatoms. The van der Waals surface area contributed by atoms with Gasteiger partial charge in [0.25, 0.3) is 0 Å². The molecule has 0 spiro atoms. The quantitative estimate of drug-likeness (QED) is 0.782. The van der Waals surface area contributed by atoms with Crippen molar-refractivity contribution < 1.29 is 9.53 Å². The molecule has 2 rings (SSSR count). The highest BCUT2D eigenvalue weighted by molar-refractivity contribution is 7.10. The first-order chi connectivity index (χ1) is 10.1. The second-order valence-electron chi connectivity index (χ2n) is 5.07. The monoisotopic (exact) mass is 303 g/mol. The summed E-state index contributed by atoms with van der Waals surface area (Å²) in [4.78, 5) is 13.0. The standard InChI is InChI=1S/C17H21NO2S/c1-13-6-3-7-15(12-13)20-10-4-9-17(19)18-14(2)16-8-5-11-21-16/h3,5-8,11-12,14H,4,9-10H2,1-2H3,(H,18,19). The van der Waals surface area contributed by atoms with E-state index < -0.39 is 0 Å². The van der Waals surface area contributed by atoms with Crippen LogP contribution in [-0.2, 0) is 4.79 Å². The summed E-state index contributed by atoms with van der Waals surface area (Å²) in [5.74, 6) is 0.936. The maximum atomic E-state index is 11.9. The molecule has 0 fully saturated rings. The Balaban J connectivity index is 1.65. The molecule has 3 nitrogen and oxygen atoms in total. The van der Waals surface area contributed by atoms with E-state index in [4.69, 9.17) is 4.74 Å². The second-order valence-corrected chi connectivity index (χ2v) is 6.05. The van der Waals surface area contributed by atoms with Crippen molar-refractivity contribution in [2.24, 2.45) is 0 Å². The molecule has 1 atom stereocenters. The number of hydrogen-bond donors (Lipinski definition) is 1. The summed E-state index contributed by atoms with van der Waals surface area (Å²) in [6.45, 7) is 4.60. The molecule has 0 radical (unpaired) electrons. The van der Waals surface area contributed by atoms with E-state index >= 15 is 0 Å². The normalized spacial score (nSPS) is 11.9. The number of carbonyl (C=O) groups is 1. The molecular formula is C17H21NO2S. The van der Waals surface area contributed by atoms with Gasteiger partial charge in [0.05, 0.1) is 12.6 Å². The first kappa shape index (κ1) is 15.6. The van der Waals surface area contributed by atoms with Gasteiger partial charge in [0.15, 0.2) is 0 Å². The third-order valence-corrected chi connectivity index (χ3v) is 4.21. The third kappa shape index (κ3) is 5.23. The molecule has 0 aliphatic heterocycles. The fraction of sp³-hybridized carbons (Fsp3) is 0.353. The predicted octanol–water partition coefficient (Wildman–Crippen LogP) is 4.09. The van der Waals surface area contributed by atoms with Crippen molar-refractivity contribution in [3.8, 4) is 5.75 Å². The van der Waals surface area contributed by atoms with Crippen molar-refractivity contribution in [3.05, 3.63) is 52.2 Å². The average molecular weight is 303 g/mol. The van der Waals surface area contributed by atoms with Crippen LogP contribution in [0, 0.1) is 6.92 Å². The van der Waals surface area contributed by atoms with E-state index in [-0.39, 0.29) is 11.9 Å². The zero-order valence-electron chi connectivity index (χ0n) is 12.5. The first-order valence-corrected chi connectivity index (χ1v) is 8.05. The molecule has 0 saturated heterocycles. The number of ether oxygens (including phenoxy) is 1. The molecule has 1 amide bonds. The minimum absolute atomic E-state index is 0.0729. The summed E-state index contributed by atoms with van der Waals surface area (Å²) in [5.41, 5.74) is 1.18. The minimum atomic E-state index is 0.0729. The molecule has 0 bridgehead atoms. The lowest BCUT2D eigenvalue weighted by atomic mass is 10.2. The topological polar surface area (TPSA) is 38.3 Å². The lowest BCUT2D eigenvalue weighted by Crippen LogP contribution is -2.26. The van der Waals surface area contributed by atoms with E-state index in [0.717, 1.165) is 12.2 Å². The Bertz CT molecular complexity index is 566. The number of carbonyl (C=O) groups excluding carboxylic acids is 1. The van der Waals surface area contributed by atoms with E-state index in [2.05, 4.69) is 5.32 Å². The smallest absolute Gasteiger partial charge is 0.220 e. The van der Waals surface area contributed by atoms with Crippen LogP contribution in [0.1, 0.15) is 36.2 Å². The van der Waals surface area contributed by atoms with Gasteiger partial charge in [0.1, 0.15) is 5.75 Å². The van der Waals surface area contributed by atoms with Gasteiger partial charge in [0, 0.05) is 11.3 Å². The number of rotatable bonds is 7. The molecule has 21 heavy (non-hydrogen) atoms. The van der Waals surface area contributed by atoms with Crippen LogP contribution in [0.25, 0.3) is 0 Å². The lowest BCUT2D eigenvalue weighted by Gasteiger charge is -2.12. The summed E-state index contributed by atoms with van der Waals surface area (Å²) < 4.78 is 5.64. The number of benzene rings is 1. The van der Waals surface area contributed by atoms with Gasteiger partial charge in [0.2, 0.25) is 5.91 Å². The van der Waals surface area contributed by atoms with Gasteiger partial charge in [-0.1, -0.05) is 18.2 Å². The second kappa shape index (κ2) is 7.84. The molecule has 0 aliphatic rings. The van der Waals surface area contributed by atoms with Crippen LogP contribution in [0.5, 0.6) is 5.75 Å². The molecule has 1 unspecified atom stereocenters. The molecule has 1 heterocycles. The van der Waals surface area contributed by atoms with Gasteiger partial charge in [-0.3, -0.25) is 4.79 Å². The summed E-state index contributed by atoms with van der Waals surface area (Å²) >= 11 is 1.66. The fourth-order valence-corrected chi connectivity index (χ4v) is 2.78. The SMILES string of the molecule is Cc1cccc(OCCCC(=O)NC(C)c2cccs2)c1. The maximum absolute atomic E-state index is 11.9. The molecule has 0 aliphatic carbocycles. The highest BCUT2D eigenvalue weighted by Crippen LogP contribution is 2.18. The molecule has 1 N–H and O–H groups in total. The summed E-state index contributed by atoms with van der Waals surface area (Å²) in [7, 11) is 0. The molecule has 2 aromatic rings. The number of aryl methyl sites for hydroxylation is 1. The van der Waals surface area contributed by atoms with E-state index in [1.54, 1.807) is 11.3 Å². The summed E-state index contributed by atoms with van der Waals surface area (Å²) in [6.07, 6.45) is 1.21. The summed E-state index contributed by atoms with van der Waals surface area (Å²) in [5, 5.41) is 5.03. The Morgan fingerprint density at radius 1 is 1.33 bits per heavy atom. The molecular weight excluding hydrogens is 282 g/mol. The van der Waals surface area contributed by atoms with Crippen LogP contribution < -0.4 is 10.1 Å². The molecule has 1 aromatic heterocycles. The van der Waals surface area contributed by atoms with Crippen molar-refractivity contribution in [3.63, 3.8) is 0 Å². The van der Waals surface area contributed by atoms with Gasteiger partial charge in [-0.05, 0) is 49.4 Å². The fourth-order valence-electron chi connectivity index (χ4n) is 2.05. The van der Waals surface area contributed by atoms with Crippen molar-refractivity contribution in [1.29, 1.82) is 0 Å². The molecule has 112 valence electrons. The van der Waals surface area contributed by atoms with E-state index in [0.29, 0.717) is 13.0 Å². The first-order valence-electron chi connectivity index (χ1n) is 7.17. The zero-order valence-corrected chi connectivity index (χ0v) is 13.3. The van der Waals surface area contributed by atoms with Crippen LogP contribution in [0.2, 0.25) is 0 Å². The number of hydrogen-bond acceptors (Lipinski definition) is 3. The Morgan fingerprint density at radius 3 is 2.90 bits per heavy atom. The Labute approximate surface area is 130 Å². The minimum Gasteiger partial charge on any atom is -0.494 e. The van der Waals surface area contributed by atoms with Gasteiger partial charge >= 0.3 is 0 Å². The maximum Gasteiger partial charge on any atom is 0.220 e. The van der Waals surface area contributed by atoms with Crippen LogP contribution in [0.4, 0.5) is 0 Å². The van der Waals surface area contributed by atoms with Gasteiger partial charge in [-0.15, -0.1) is 11.3 Å². The molecule has 1 aromatic carbocycles. The van der Waals surface area contributed by atoms with Crippen molar-refractivity contribution in [1.82, 2.24) is 5.32 Å². The number of amides is 1. The average Bonchev–Trinajstić information content (AvgIpc) is 2.98. The zero-order chi connectivity index (χ0) is 15.1. The predicted molar refractivity (Wildman–Crippen MR) is 86.8 cm³/mol. The van der Waals surface area contributed by atoms with Gasteiger partial charge in [-0.2, -0.15) is 0 Å². The molecule has 0 saturated carbocycles. The summed E-state index contributed by atoms with van der Waals surface area (Å²) in [6, 6.07) is 12.1. The lowest BCUT2D eigenvalue weighted by molar-refractivity contribution is -0.121. The van der Waals surface area contributed by atoms with Crippen LogP contribution in [0.3, 0.4) is 0 Å². The van der Waals surface area contributed by atoms with Crippen LogP contribution in [0.15, 0.2) is 41.8 Å². The largest absolute Gasteiger partial charge is 0.494 e. The van der Waals surface area contributed by atoms with Crippen molar-refractivity contribution in [2.75, 3.05) is 6.61 Å². The highest BCUT2D eigenvalue weighted by Gasteiger charge is 2.09. The Kier molecular flexibility index (Phi) is 5.81. The van der Waals surface area contributed by atoms with Crippen molar-refractivity contribution in [2.45, 2.75) is 32.7 Å². The third-order valence-electron chi connectivity index (χ3n) is 3.15. The number of thiophene rings is 1. The number of nitrogens with one attached hydrogen (secondary N) is 1. The van der Waals surface area contributed by atoms with Crippen LogP contribution in [-0.4, -0.2) is 12.5 Å². The van der Waals surface area contributed by atoms with E-state index in [1.807, 2.05) is 55.6 Å². The van der Waals surface area contributed by atoms with Gasteiger partial charge < -0.3 is 10.1 Å². The highest BCUT2D eigenvalue weighted by atomic mass is 32.1. The Hall–Kier alpha value is -1.81. The van der Waals surface area contributed by atoms with E-state index in [1.165, 1.54) is 10.4 Å². The van der Waals surface area contributed by atoms with Crippen LogP contribution >= 0.6 is 11.3 Å². The van der Waals surface area contributed by atoms with Gasteiger partial charge in [-0.25, -0.2) is 0 Å². The van der Waals surface area contributed by atoms with Crippen molar-refractivity contribution >= 4 is 17.2 Å². The Morgan fingerprint density at radius 2 is 2.19 bits per heavy atom.